The topological polar surface area (TPSA) is 83.0 Å². The molecule has 0 bridgehead atoms. The van der Waals surface area contributed by atoms with E-state index in [1.807, 2.05) is 52.1 Å². The van der Waals surface area contributed by atoms with Gasteiger partial charge in [0.15, 0.2) is 6.10 Å². The first-order chi connectivity index (χ1) is 12.8. The molecule has 0 unspecified atom stereocenters. The van der Waals surface area contributed by atoms with Crippen molar-refractivity contribution >= 4 is 12.0 Å². The number of esters is 1. The number of rotatable bonds is 5. The molecule has 3 rings (SSSR count). The van der Waals surface area contributed by atoms with Crippen LogP contribution in [-0.2, 0) is 16.6 Å². The lowest BCUT2D eigenvalue weighted by Crippen LogP contribution is -2.06. The summed E-state index contributed by atoms with van der Waals surface area (Å²) in [6, 6.07) is 7.75. The summed E-state index contributed by atoms with van der Waals surface area (Å²) < 4.78 is 12.8. The zero-order valence-electron chi connectivity index (χ0n) is 16.1. The fraction of sp³-hybridized carbons (Fsp3) is 0.300. The third-order valence-corrected chi connectivity index (χ3v) is 4.33. The molecule has 1 aromatic carbocycles. The Labute approximate surface area is 157 Å². The van der Waals surface area contributed by atoms with Gasteiger partial charge in [-0.1, -0.05) is 17.7 Å². The fourth-order valence-corrected chi connectivity index (χ4v) is 2.66. The smallest absolute Gasteiger partial charge is 0.331 e. The molecule has 0 aliphatic heterocycles. The normalized spacial score (nSPS) is 12.5. The summed E-state index contributed by atoms with van der Waals surface area (Å²) in [4.78, 5) is 12.1. The zero-order valence-corrected chi connectivity index (χ0v) is 16.1. The third kappa shape index (κ3) is 4.13. The van der Waals surface area contributed by atoms with Crippen LogP contribution in [0.5, 0.6) is 0 Å². The lowest BCUT2D eigenvalue weighted by Gasteiger charge is -2.06. The van der Waals surface area contributed by atoms with Crippen LogP contribution in [0.3, 0.4) is 0 Å². The van der Waals surface area contributed by atoms with Crippen LogP contribution in [0.1, 0.15) is 41.4 Å². The Morgan fingerprint density at radius 3 is 2.52 bits per heavy atom. The number of carbonyl (C=O) groups is 1. The minimum Gasteiger partial charge on any atom is -0.449 e. The van der Waals surface area contributed by atoms with Gasteiger partial charge in [0, 0.05) is 29.9 Å². The second-order valence-electron chi connectivity index (χ2n) is 6.43. The number of aryl methyl sites for hydroxylation is 3. The van der Waals surface area contributed by atoms with Gasteiger partial charge in [-0.05, 0) is 45.9 Å². The van der Waals surface area contributed by atoms with Crippen molar-refractivity contribution in [1.29, 1.82) is 0 Å². The minimum absolute atomic E-state index is 0.251. The van der Waals surface area contributed by atoms with Gasteiger partial charge in [-0.3, -0.25) is 4.68 Å². The largest absolute Gasteiger partial charge is 0.449 e. The summed E-state index contributed by atoms with van der Waals surface area (Å²) in [5.74, 6) is 0.159. The van der Waals surface area contributed by atoms with Crippen LogP contribution >= 0.6 is 0 Å². The van der Waals surface area contributed by atoms with E-state index >= 15 is 0 Å². The Kier molecular flexibility index (Phi) is 5.21. The predicted molar refractivity (Wildman–Crippen MR) is 101 cm³/mol. The first-order valence-electron chi connectivity index (χ1n) is 8.64. The molecule has 27 heavy (non-hydrogen) atoms. The van der Waals surface area contributed by atoms with Crippen molar-refractivity contribution in [1.82, 2.24) is 20.0 Å². The SMILES string of the molecule is Cc1ccc(-c2nnc([C@@H](C)OC(=O)/C=C/c3c(C)nn(C)c3C)o2)cc1. The van der Waals surface area contributed by atoms with Gasteiger partial charge < -0.3 is 9.15 Å². The Morgan fingerprint density at radius 2 is 1.89 bits per heavy atom. The number of aromatic nitrogens is 4. The van der Waals surface area contributed by atoms with E-state index in [1.165, 1.54) is 6.08 Å². The van der Waals surface area contributed by atoms with Crippen LogP contribution in [0, 0.1) is 20.8 Å². The summed E-state index contributed by atoms with van der Waals surface area (Å²) in [5, 5.41) is 12.3. The molecule has 7 heteroatoms. The number of nitrogens with zero attached hydrogens (tertiary/aromatic N) is 4. The Balaban J connectivity index is 1.66. The molecule has 0 N–H and O–H groups in total. The quantitative estimate of drug-likeness (QED) is 0.506. The van der Waals surface area contributed by atoms with Gasteiger partial charge in [-0.2, -0.15) is 5.10 Å². The highest BCUT2D eigenvalue weighted by molar-refractivity contribution is 5.87. The van der Waals surface area contributed by atoms with Crippen molar-refractivity contribution in [3.05, 3.63) is 58.7 Å². The Bertz CT molecular complexity index is 983. The van der Waals surface area contributed by atoms with Gasteiger partial charge in [0.05, 0.1) is 5.69 Å². The van der Waals surface area contributed by atoms with Gasteiger partial charge in [-0.15, -0.1) is 10.2 Å². The van der Waals surface area contributed by atoms with Gasteiger partial charge in [0.1, 0.15) is 0 Å². The minimum atomic E-state index is -0.648. The average Bonchev–Trinajstić information content (AvgIpc) is 3.20. The van der Waals surface area contributed by atoms with Crippen LogP contribution in [0.2, 0.25) is 0 Å². The van der Waals surface area contributed by atoms with Crippen molar-refractivity contribution in [2.75, 3.05) is 0 Å². The molecule has 0 aliphatic rings. The molecule has 0 amide bonds. The highest BCUT2D eigenvalue weighted by Gasteiger charge is 2.18. The van der Waals surface area contributed by atoms with Crippen LogP contribution in [0.25, 0.3) is 17.5 Å². The lowest BCUT2D eigenvalue weighted by atomic mass is 10.1. The summed E-state index contributed by atoms with van der Waals surface area (Å²) in [7, 11) is 1.86. The summed E-state index contributed by atoms with van der Waals surface area (Å²) in [6.07, 6.45) is 2.44. The number of benzene rings is 1. The molecule has 140 valence electrons. The van der Waals surface area contributed by atoms with Gasteiger partial charge in [0.2, 0.25) is 5.89 Å². The second-order valence-corrected chi connectivity index (χ2v) is 6.43. The first kappa shape index (κ1) is 18.6. The Morgan fingerprint density at radius 1 is 1.19 bits per heavy atom. The summed E-state index contributed by atoms with van der Waals surface area (Å²) >= 11 is 0. The third-order valence-electron chi connectivity index (χ3n) is 4.33. The zero-order chi connectivity index (χ0) is 19.6. The van der Waals surface area contributed by atoms with Crippen LogP contribution in [0.15, 0.2) is 34.8 Å². The van der Waals surface area contributed by atoms with Crippen molar-refractivity contribution in [3.63, 3.8) is 0 Å². The van der Waals surface area contributed by atoms with E-state index in [-0.39, 0.29) is 5.89 Å². The lowest BCUT2D eigenvalue weighted by molar-refractivity contribution is -0.143. The maximum atomic E-state index is 12.1. The molecule has 0 saturated carbocycles. The van der Waals surface area contributed by atoms with E-state index < -0.39 is 12.1 Å². The van der Waals surface area contributed by atoms with Crippen molar-refractivity contribution in [2.24, 2.45) is 7.05 Å². The standard InChI is InChI=1S/C20H22N4O3/c1-12-6-8-16(9-7-12)20-22-21-19(27-20)15(4)26-18(25)11-10-17-13(2)23-24(5)14(17)3/h6-11,15H,1-5H3/b11-10+/t15-/m1/s1. The average molecular weight is 366 g/mol. The van der Waals surface area contributed by atoms with Crippen LogP contribution in [0.4, 0.5) is 0 Å². The van der Waals surface area contributed by atoms with Crippen LogP contribution < -0.4 is 0 Å². The molecule has 2 aromatic heterocycles. The molecule has 0 fully saturated rings. The van der Waals surface area contributed by atoms with Gasteiger partial charge in [0.25, 0.3) is 5.89 Å². The van der Waals surface area contributed by atoms with E-state index in [4.69, 9.17) is 9.15 Å². The molecular weight excluding hydrogens is 344 g/mol. The van der Waals surface area contributed by atoms with Crippen molar-refractivity contribution < 1.29 is 13.9 Å². The van der Waals surface area contributed by atoms with E-state index in [2.05, 4.69) is 15.3 Å². The molecule has 7 nitrogen and oxygen atoms in total. The molecule has 0 saturated heterocycles. The van der Waals surface area contributed by atoms with E-state index in [0.717, 1.165) is 28.1 Å². The summed E-state index contributed by atoms with van der Waals surface area (Å²) in [5.41, 5.74) is 4.70. The maximum absolute atomic E-state index is 12.1. The van der Waals surface area contributed by atoms with E-state index in [0.29, 0.717) is 5.89 Å². The molecule has 3 aromatic rings. The maximum Gasteiger partial charge on any atom is 0.331 e. The molecule has 2 heterocycles. The number of carbonyl (C=O) groups excluding carboxylic acids is 1. The van der Waals surface area contributed by atoms with Crippen molar-refractivity contribution in [3.8, 4) is 11.5 Å². The molecule has 0 spiro atoms. The summed E-state index contributed by atoms with van der Waals surface area (Å²) in [6.45, 7) is 7.54. The molecule has 0 aliphatic carbocycles. The molecule has 1 atom stereocenters. The predicted octanol–water partition coefficient (Wildman–Crippen LogP) is 3.71. The monoisotopic (exact) mass is 366 g/mol. The van der Waals surface area contributed by atoms with Crippen LogP contribution in [-0.4, -0.2) is 25.9 Å². The number of ether oxygens (including phenoxy) is 1. The van der Waals surface area contributed by atoms with E-state index in [1.54, 1.807) is 17.7 Å². The highest BCUT2D eigenvalue weighted by atomic mass is 16.6. The number of hydrogen-bond acceptors (Lipinski definition) is 6. The van der Waals surface area contributed by atoms with Crippen molar-refractivity contribution in [2.45, 2.75) is 33.8 Å². The van der Waals surface area contributed by atoms with E-state index in [9.17, 15) is 4.79 Å². The second kappa shape index (κ2) is 7.57. The molecular formula is C20H22N4O3. The van der Waals surface area contributed by atoms with Gasteiger partial charge in [-0.25, -0.2) is 4.79 Å². The highest BCUT2D eigenvalue weighted by Crippen LogP contribution is 2.23. The van der Waals surface area contributed by atoms with Gasteiger partial charge >= 0.3 is 5.97 Å². The molecule has 0 radical (unpaired) electrons. The Hall–Kier alpha value is -3.22. The fourth-order valence-electron chi connectivity index (χ4n) is 2.66. The number of hydrogen-bond donors (Lipinski definition) is 0. The first-order valence-corrected chi connectivity index (χ1v) is 8.64.